The smallest absolute Gasteiger partial charge is 0.240 e. The molecule has 0 unspecified atom stereocenters. The molecule has 0 bridgehead atoms. The van der Waals surface area contributed by atoms with Crippen molar-refractivity contribution in [3.05, 3.63) is 24.0 Å². The average Bonchev–Trinajstić information content (AvgIpc) is 2.29. The lowest BCUT2D eigenvalue weighted by Crippen LogP contribution is -2.33. The maximum absolute atomic E-state index is 12.9. The van der Waals surface area contributed by atoms with Gasteiger partial charge in [0.15, 0.2) is 0 Å². The highest BCUT2D eigenvalue weighted by atomic mass is 32.2. The summed E-state index contributed by atoms with van der Waals surface area (Å²) in [5.74, 6) is -0.619. The highest BCUT2D eigenvalue weighted by Crippen LogP contribution is 2.17. The summed E-state index contributed by atoms with van der Waals surface area (Å²) < 4.78 is 39.4. The van der Waals surface area contributed by atoms with Crippen LogP contribution < -0.4 is 10.5 Å². The number of benzene rings is 1. The van der Waals surface area contributed by atoms with Crippen LogP contribution in [-0.4, -0.2) is 14.5 Å². The number of hydrogen-bond acceptors (Lipinski definition) is 3. The van der Waals surface area contributed by atoms with Gasteiger partial charge in [-0.1, -0.05) is 13.8 Å². The van der Waals surface area contributed by atoms with E-state index in [2.05, 4.69) is 4.72 Å². The summed E-state index contributed by atoms with van der Waals surface area (Å²) in [6, 6.07) is 3.26. The summed E-state index contributed by atoms with van der Waals surface area (Å²) in [6.45, 7) is 3.80. The second-order valence-electron chi connectivity index (χ2n) is 3.82. The molecule has 1 aromatic rings. The number of nitrogens with one attached hydrogen (secondary N) is 1. The van der Waals surface area contributed by atoms with E-state index in [-0.39, 0.29) is 16.6 Å². The zero-order valence-electron chi connectivity index (χ0n) is 9.90. The van der Waals surface area contributed by atoms with E-state index in [1.54, 1.807) is 0 Å². The Balaban J connectivity index is 3.01. The van der Waals surface area contributed by atoms with Crippen LogP contribution in [0, 0.1) is 5.82 Å². The molecule has 0 fully saturated rings. The molecule has 0 heterocycles. The Morgan fingerprint density at radius 2 is 1.94 bits per heavy atom. The van der Waals surface area contributed by atoms with Crippen LogP contribution in [0.25, 0.3) is 0 Å². The Morgan fingerprint density at radius 3 is 2.41 bits per heavy atom. The van der Waals surface area contributed by atoms with Crippen LogP contribution in [0.3, 0.4) is 0 Å². The van der Waals surface area contributed by atoms with Crippen LogP contribution in [0.5, 0.6) is 0 Å². The number of sulfonamides is 1. The minimum Gasteiger partial charge on any atom is -0.396 e. The van der Waals surface area contributed by atoms with Gasteiger partial charge in [0, 0.05) is 6.04 Å². The largest absolute Gasteiger partial charge is 0.396 e. The Hall–Kier alpha value is -1.14. The number of nitrogen functional groups attached to an aromatic ring is 1. The van der Waals surface area contributed by atoms with Gasteiger partial charge >= 0.3 is 0 Å². The second kappa shape index (κ2) is 5.46. The fourth-order valence-electron chi connectivity index (χ4n) is 1.43. The minimum absolute atomic E-state index is 0.0108. The third-order valence-corrected chi connectivity index (χ3v) is 4.10. The van der Waals surface area contributed by atoms with Crippen LogP contribution in [0.1, 0.15) is 26.7 Å². The summed E-state index contributed by atoms with van der Waals surface area (Å²) in [4.78, 5) is -0.0108. The van der Waals surface area contributed by atoms with E-state index in [9.17, 15) is 12.8 Å². The normalized spacial score (nSPS) is 12.0. The van der Waals surface area contributed by atoms with Crippen LogP contribution >= 0.6 is 0 Å². The molecule has 4 nitrogen and oxygen atoms in total. The van der Waals surface area contributed by atoms with Gasteiger partial charge in [0.2, 0.25) is 10.0 Å². The molecule has 0 aliphatic heterocycles. The topological polar surface area (TPSA) is 72.2 Å². The standard InChI is InChI=1S/C11H17FN2O2S/c1-3-8(4-2)14-17(15,16)9-5-6-10(12)11(13)7-9/h5-8,14H,3-4,13H2,1-2H3. The number of hydrogen-bond donors (Lipinski definition) is 2. The van der Waals surface area contributed by atoms with Crippen molar-refractivity contribution in [3.63, 3.8) is 0 Å². The molecule has 0 spiro atoms. The van der Waals surface area contributed by atoms with Crippen LogP contribution in [0.15, 0.2) is 23.1 Å². The third-order valence-electron chi connectivity index (χ3n) is 2.59. The molecule has 0 radical (unpaired) electrons. The zero-order chi connectivity index (χ0) is 13.1. The van der Waals surface area contributed by atoms with Crippen LogP contribution in [-0.2, 0) is 10.0 Å². The summed E-state index contributed by atoms with van der Waals surface area (Å²) in [6.07, 6.45) is 1.40. The fourth-order valence-corrected chi connectivity index (χ4v) is 2.87. The van der Waals surface area contributed by atoms with E-state index in [0.717, 1.165) is 12.1 Å². The lowest BCUT2D eigenvalue weighted by molar-refractivity contribution is 0.530. The van der Waals surface area contributed by atoms with E-state index < -0.39 is 15.8 Å². The Bertz CT molecular complexity index is 484. The molecule has 0 aliphatic carbocycles. The first kappa shape index (κ1) is 13.9. The van der Waals surface area contributed by atoms with E-state index in [4.69, 9.17) is 5.73 Å². The number of rotatable bonds is 5. The molecule has 1 aromatic carbocycles. The van der Waals surface area contributed by atoms with Crippen LogP contribution in [0.2, 0.25) is 0 Å². The van der Waals surface area contributed by atoms with E-state index in [1.165, 1.54) is 6.07 Å². The van der Waals surface area contributed by atoms with E-state index in [0.29, 0.717) is 12.8 Å². The van der Waals surface area contributed by atoms with E-state index >= 15 is 0 Å². The van der Waals surface area contributed by atoms with Gasteiger partial charge in [0.1, 0.15) is 5.82 Å². The van der Waals surface area contributed by atoms with Gasteiger partial charge in [0.25, 0.3) is 0 Å². The van der Waals surface area contributed by atoms with Gasteiger partial charge in [-0.05, 0) is 31.0 Å². The predicted octanol–water partition coefficient (Wildman–Crippen LogP) is 1.87. The molecule has 1 rings (SSSR count). The van der Waals surface area contributed by atoms with Crippen molar-refractivity contribution in [2.24, 2.45) is 0 Å². The van der Waals surface area contributed by atoms with Crippen molar-refractivity contribution < 1.29 is 12.8 Å². The van der Waals surface area contributed by atoms with Crippen molar-refractivity contribution in [2.45, 2.75) is 37.6 Å². The van der Waals surface area contributed by atoms with Crippen molar-refractivity contribution in [3.8, 4) is 0 Å². The monoisotopic (exact) mass is 260 g/mol. The molecule has 0 amide bonds. The Morgan fingerprint density at radius 1 is 1.35 bits per heavy atom. The summed E-state index contributed by atoms with van der Waals surface area (Å²) >= 11 is 0. The quantitative estimate of drug-likeness (QED) is 0.794. The molecule has 96 valence electrons. The molecule has 0 aliphatic rings. The number of anilines is 1. The molecular formula is C11H17FN2O2S. The molecule has 0 saturated heterocycles. The maximum Gasteiger partial charge on any atom is 0.240 e. The summed E-state index contributed by atoms with van der Waals surface area (Å²) in [7, 11) is -3.62. The van der Waals surface area contributed by atoms with Crippen molar-refractivity contribution in [1.82, 2.24) is 4.72 Å². The number of halogens is 1. The zero-order valence-corrected chi connectivity index (χ0v) is 10.7. The average molecular weight is 260 g/mol. The first-order valence-corrected chi connectivity index (χ1v) is 6.96. The van der Waals surface area contributed by atoms with Gasteiger partial charge in [-0.15, -0.1) is 0 Å². The second-order valence-corrected chi connectivity index (χ2v) is 5.53. The summed E-state index contributed by atoms with van der Waals surface area (Å²) in [5.41, 5.74) is 5.18. The van der Waals surface area contributed by atoms with Crippen LogP contribution in [0.4, 0.5) is 10.1 Å². The first-order valence-electron chi connectivity index (χ1n) is 5.48. The Labute approximate surface area is 101 Å². The van der Waals surface area contributed by atoms with Gasteiger partial charge in [-0.25, -0.2) is 17.5 Å². The summed E-state index contributed by atoms with van der Waals surface area (Å²) in [5, 5.41) is 0. The first-order chi connectivity index (χ1) is 7.90. The van der Waals surface area contributed by atoms with Crippen molar-refractivity contribution in [1.29, 1.82) is 0 Å². The molecule has 17 heavy (non-hydrogen) atoms. The highest BCUT2D eigenvalue weighted by Gasteiger charge is 2.18. The third kappa shape index (κ3) is 3.41. The van der Waals surface area contributed by atoms with Gasteiger partial charge < -0.3 is 5.73 Å². The van der Waals surface area contributed by atoms with Crippen molar-refractivity contribution in [2.75, 3.05) is 5.73 Å². The highest BCUT2D eigenvalue weighted by molar-refractivity contribution is 7.89. The number of nitrogens with two attached hydrogens (primary N) is 1. The molecule has 6 heteroatoms. The molecule has 3 N–H and O–H groups in total. The maximum atomic E-state index is 12.9. The predicted molar refractivity (Wildman–Crippen MR) is 65.5 cm³/mol. The molecule has 0 saturated carbocycles. The van der Waals surface area contributed by atoms with Crippen molar-refractivity contribution >= 4 is 15.7 Å². The SMILES string of the molecule is CCC(CC)NS(=O)(=O)c1ccc(F)c(N)c1. The lowest BCUT2D eigenvalue weighted by Gasteiger charge is -2.15. The fraction of sp³-hybridized carbons (Fsp3) is 0.455. The molecular weight excluding hydrogens is 243 g/mol. The lowest BCUT2D eigenvalue weighted by atomic mass is 10.2. The Kier molecular flexibility index (Phi) is 4.47. The van der Waals surface area contributed by atoms with Gasteiger partial charge in [-0.2, -0.15) is 0 Å². The van der Waals surface area contributed by atoms with E-state index in [1.807, 2.05) is 13.8 Å². The van der Waals surface area contributed by atoms with Gasteiger partial charge in [0.05, 0.1) is 10.6 Å². The molecule has 0 atom stereocenters. The van der Waals surface area contributed by atoms with Gasteiger partial charge in [-0.3, -0.25) is 0 Å². The minimum atomic E-state index is -3.62. The molecule has 0 aromatic heterocycles.